The molecule has 8 atom stereocenters. The van der Waals surface area contributed by atoms with E-state index in [1.54, 1.807) is 14.0 Å². The number of hydrogen-bond acceptors (Lipinski definition) is 8. The number of hydrogen-bond donors (Lipinski definition) is 6. The molecular weight excluding hydrogens is 448 g/mol. The number of likely N-dealkylation sites (N-methyl/N-ethyl adjacent to an activating group) is 1. The summed E-state index contributed by atoms with van der Waals surface area (Å²) in [5.74, 6) is -0.866. The van der Waals surface area contributed by atoms with Gasteiger partial charge in [0.15, 0.2) is 0 Å². The number of carbonyl (C=O) groups is 3. The number of nitrogens with one attached hydrogen (secondary N) is 3. The number of β-lactam (4-membered cyclic amide) rings is 1. The summed E-state index contributed by atoms with van der Waals surface area (Å²) in [6.45, 7) is 2.54. The summed E-state index contributed by atoms with van der Waals surface area (Å²) >= 11 is 1.51. The Morgan fingerprint density at radius 3 is 2.73 bits per heavy atom. The standard InChI is InChI=1S/C21H36N6O5S/c1-10(28)16-13-9-14(18(21(31)32)27(13)20(16)30)33-7-3-4-15(23)25-5-6-26-19(29)11-8-12(22)17(11)24-2/h10-14,16-18,24,28H,3-9,22H2,1-2H3,(H2,23,25)(H,26,29)(H,31,32)/t10-,11?,12?,13?,14?,16-,17?,18-/m1/s1. The van der Waals surface area contributed by atoms with E-state index in [2.05, 4.69) is 15.6 Å². The molecule has 0 spiro atoms. The first-order valence-electron chi connectivity index (χ1n) is 11.6. The van der Waals surface area contributed by atoms with Gasteiger partial charge >= 0.3 is 0 Å². The molecule has 0 bridgehead atoms. The smallest absolute Gasteiger partial charge is 0.240 e. The number of aliphatic carboxylic acids is 1. The highest BCUT2D eigenvalue weighted by molar-refractivity contribution is 8.00. The van der Waals surface area contributed by atoms with Gasteiger partial charge in [0, 0.05) is 29.8 Å². The normalized spacial score (nSPS) is 34.3. The summed E-state index contributed by atoms with van der Waals surface area (Å²) < 4.78 is 0. The van der Waals surface area contributed by atoms with Gasteiger partial charge in [0.1, 0.15) is 0 Å². The van der Waals surface area contributed by atoms with E-state index in [-0.39, 0.29) is 41.1 Å². The Kier molecular flexibility index (Phi) is 8.59. The molecule has 3 fully saturated rings. The first-order valence-corrected chi connectivity index (χ1v) is 12.6. The molecule has 2 amide bonds. The van der Waals surface area contributed by atoms with Crippen LogP contribution in [0.5, 0.6) is 0 Å². The maximum Gasteiger partial charge on any atom is 0.240 e. The zero-order valence-electron chi connectivity index (χ0n) is 19.2. The molecule has 2 saturated heterocycles. The number of amidine groups is 1. The van der Waals surface area contributed by atoms with Crippen LogP contribution in [-0.2, 0) is 14.4 Å². The number of nitrogens with two attached hydrogens (primary N) is 2. The number of thioether (sulfide) groups is 1. The van der Waals surface area contributed by atoms with Crippen LogP contribution in [-0.4, -0.2) is 95.0 Å². The van der Waals surface area contributed by atoms with Crippen LogP contribution in [0.15, 0.2) is 0 Å². The van der Waals surface area contributed by atoms with E-state index in [0.29, 0.717) is 43.9 Å². The Morgan fingerprint density at radius 1 is 1.39 bits per heavy atom. The van der Waals surface area contributed by atoms with E-state index >= 15 is 0 Å². The molecule has 0 aromatic carbocycles. The van der Waals surface area contributed by atoms with Crippen molar-refractivity contribution in [1.29, 1.82) is 0 Å². The lowest BCUT2D eigenvalue weighted by Crippen LogP contribution is -2.77. The van der Waals surface area contributed by atoms with Crippen LogP contribution in [0.3, 0.4) is 0 Å². The van der Waals surface area contributed by atoms with Crippen molar-refractivity contribution in [2.45, 2.75) is 68.1 Å². The predicted molar refractivity (Wildman–Crippen MR) is 122 cm³/mol. The monoisotopic (exact) mass is 484 g/mol. The Morgan fingerprint density at radius 2 is 2.12 bits per heavy atom. The van der Waals surface area contributed by atoms with E-state index in [0.717, 1.165) is 6.42 Å². The van der Waals surface area contributed by atoms with Crippen molar-refractivity contribution in [2.24, 2.45) is 23.3 Å². The number of fused-ring (bicyclic) bond motifs is 1. The third-order valence-electron chi connectivity index (χ3n) is 6.99. The molecule has 2 aliphatic heterocycles. The zero-order chi connectivity index (χ0) is 24.3. The van der Waals surface area contributed by atoms with E-state index < -0.39 is 24.0 Å². The second kappa shape index (κ2) is 11.0. The van der Waals surface area contributed by atoms with E-state index in [1.165, 1.54) is 16.7 Å². The molecule has 5 unspecified atom stereocenters. The van der Waals surface area contributed by atoms with Crippen LogP contribution in [0.4, 0.5) is 0 Å². The molecule has 0 aromatic rings. The molecule has 0 radical (unpaired) electrons. The molecule has 3 aliphatic rings. The minimum atomic E-state index is -1.24. The summed E-state index contributed by atoms with van der Waals surface area (Å²) in [7, 11) is 1.80. The summed E-state index contributed by atoms with van der Waals surface area (Å²) in [6.07, 6.45) is 1.80. The van der Waals surface area contributed by atoms with Crippen molar-refractivity contribution in [3.05, 3.63) is 0 Å². The summed E-state index contributed by atoms with van der Waals surface area (Å²) in [5, 5.41) is 27.1. The van der Waals surface area contributed by atoms with Crippen LogP contribution in [0.25, 0.3) is 0 Å². The Labute approximate surface area is 198 Å². The molecule has 8 N–H and O–H groups in total. The third kappa shape index (κ3) is 5.44. The molecular formula is C21H36N6O5S. The molecule has 11 nitrogen and oxygen atoms in total. The number of carboxylic acids is 1. The first kappa shape index (κ1) is 25.7. The lowest BCUT2D eigenvalue weighted by atomic mass is 9.74. The average molecular weight is 485 g/mol. The van der Waals surface area contributed by atoms with Gasteiger partial charge in [0.05, 0.1) is 43.0 Å². The summed E-state index contributed by atoms with van der Waals surface area (Å²) in [5.41, 5.74) is 11.9. The SMILES string of the molecule is CNC1C(N)CC1C(=O)NCC[NH+]=C(N)CCCSC1CC2[C@@H]([C@@H](C)O)C(=O)N2[C@H]1C(=O)[O-]. The highest BCUT2D eigenvalue weighted by Gasteiger charge is 2.59. The van der Waals surface area contributed by atoms with Gasteiger partial charge in [0.25, 0.3) is 0 Å². The van der Waals surface area contributed by atoms with Crippen molar-refractivity contribution in [3.8, 4) is 0 Å². The fourth-order valence-electron chi connectivity index (χ4n) is 5.19. The van der Waals surface area contributed by atoms with Gasteiger partial charge < -0.3 is 36.3 Å². The third-order valence-corrected chi connectivity index (χ3v) is 8.39. The van der Waals surface area contributed by atoms with Crippen LogP contribution < -0.4 is 32.2 Å². The minimum absolute atomic E-state index is 0.00659. The number of carboxylic acid groups (broad SMARTS) is 1. The highest BCUT2D eigenvalue weighted by atomic mass is 32.2. The summed E-state index contributed by atoms with van der Waals surface area (Å²) in [4.78, 5) is 40.5. The number of aliphatic hydroxyl groups is 1. The molecule has 33 heavy (non-hydrogen) atoms. The fraction of sp³-hybridized carbons (Fsp3) is 0.810. The number of nitrogens with zero attached hydrogens (tertiary/aromatic N) is 1. The van der Waals surface area contributed by atoms with Crippen molar-refractivity contribution < 1.29 is 29.6 Å². The second-order valence-electron chi connectivity index (χ2n) is 9.16. The predicted octanol–water partition coefficient (Wildman–Crippen LogP) is -4.91. The first-order chi connectivity index (χ1) is 15.7. The zero-order valence-corrected chi connectivity index (χ0v) is 20.0. The minimum Gasteiger partial charge on any atom is -0.548 e. The number of rotatable bonds is 12. The van der Waals surface area contributed by atoms with Crippen LogP contribution in [0.1, 0.15) is 32.6 Å². The lowest BCUT2D eigenvalue weighted by molar-refractivity contribution is -0.457. The lowest BCUT2D eigenvalue weighted by Gasteiger charge is -2.47. The molecule has 12 heteroatoms. The van der Waals surface area contributed by atoms with Crippen molar-refractivity contribution in [2.75, 3.05) is 25.9 Å². The van der Waals surface area contributed by atoms with Gasteiger partial charge in [-0.2, -0.15) is 11.8 Å². The molecule has 2 heterocycles. The van der Waals surface area contributed by atoms with Crippen molar-refractivity contribution >= 4 is 35.4 Å². The van der Waals surface area contributed by atoms with Crippen molar-refractivity contribution in [1.82, 2.24) is 15.5 Å². The van der Waals surface area contributed by atoms with Crippen molar-refractivity contribution in [3.63, 3.8) is 0 Å². The van der Waals surface area contributed by atoms with Gasteiger partial charge in [-0.25, -0.2) is 0 Å². The van der Waals surface area contributed by atoms with Crippen LogP contribution in [0, 0.1) is 11.8 Å². The highest BCUT2D eigenvalue weighted by Crippen LogP contribution is 2.45. The quantitative estimate of drug-likeness (QED) is 0.0683. The van der Waals surface area contributed by atoms with E-state index in [1.807, 2.05) is 0 Å². The second-order valence-corrected chi connectivity index (χ2v) is 10.5. The number of aliphatic hydroxyl groups excluding tert-OH is 1. The molecule has 1 saturated carbocycles. The number of amides is 2. The van der Waals surface area contributed by atoms with Crippen LogP contribution >= 0.6 is 11.8 Å². The maximum absolute atomic E-state index is 12.2. The Balaban J connectivity index is 1.34. The topological polar surface area (TPSA) is 188 Å². The Bertz CT molecular complexity index is 780. The van der Waals surface area contributed by atoms with E-state index in [9.17, 15) is 24.6 Å². The van der Waals surface area contributed by atoms with E-state index in [4.69, 9.17) is 11.5 Å². The molecule has 186 valence electrons. The van der Waals surface area contributed by atoms with Gasteiger partial charge in [-0.15, -0.1) is 0 Å². The Hall–Kier alpha value is -1.89. The van der Waals surface area contributed by atoms with Gasteiger partial charge in [-0.3, -0.25) is 20.3 Å². The average Bonchev–Trinajstić information content (AvgIpc) is 3.06. The van der Waals surface area contributed by atoms with Gasteiger partial charge in [0.2, 0.25) is 17.6 Å². The fourth-order valence-corrected chi connectivity index (χ4v) is 6.56. The molecule has 0 aromatic heterocycles. The number of carbonyl (C=O) groups excluding carboxylic acids is 3. The largest absolute Gasteiger partial charge is 0.548 e. The van der Waals surface area contributed by atoms with Crippen LogP contribution in [0.2, 0.25) is 0 Å². The molecule has 3 rings (SSSR count). The van der Waals surface area contributed by atoms with Gasteiger partial charge in [-0.1, -0.05) is 0 Å². The van der Waals surface area contributed by atoms with Gasteiger partial charge in [-0.05, 0) is 39.0 Å². The molecule has 1 aliphatic carbocycles. The maximum atomic E-state index is 12.2. The summed E-state index contributed by atoms with van der Waals surface area (Å²) in [6, 6.07) is -1.14.